The number of halogens is 1. The smallest absolute Gasteiger partial charge is 0.229 e. The standard InChI is InChI=1S/C22H19ClN4O2S/c23-16-8-4-7-15(9-16)10-20(29)25-21-18-11-17(30-22(18)27-26-21)12-19(28)24-13-14-5-2-1-3-6-14/h1-9,11H,10,12-13H2,(H,24,28)(H2,25,26,27,29). The Morgan fingerprint density at radius 1 is 0.967 bits per heavy atom. The molecule has 0 unspecified atom stereocenters. The fraction of sp³-hybridized carbons (Fsp3) is 0.136. The molecule has 152 valence electrons. The number of carbonyl (C=O) groups is 2. The van der Waals surface area contributed by atoms with Gasteiger partial charge in [0.15, 0.2) is 0 Å². The van der Waals surface area contributed by atoms with Crippen LogP contribution >= 0.6 is 22.9 Å². The van der Waals surface area contributed by atoms with Crippen LogP contribution in [0.3, 0.4) is 0 Å². The average Bonchev–Trinajstić information content (AvgIpc) is 3.28. The van der Waals surface area contributed by atoms with E-state index in [2.05, 4.69) is 20.8 Å². The molecule has 0 saturated heterocycles. The lowest BCUT2D eigenvalue weighted by Crippen LogP contribution is -2.24. The lowest BCUT2D eigenvalue weighted by Gasteiger charge is -2.04. The number of hydrogen-bond acceptors (Lipinski definition) is 4. The molecule has 8 heteroatoms. The Labute approximate surface area is 182 Å². The summed E-state index contributed by atoms with van der Waals surface area (Å²) in [7, 11) is 0. The number of amides is 2. The molecule has 3 N–H and O–H groups in total. The van der Waals surface area contributed by atoms with Crippen molar-refractivity contribution in [2.75, 3.05) is 5.32 Å². The summed E-state index contributed by atoms with van der Waals surface area (Å²) in [6, 6.07) is 18.9. The van der Waals surface area contributed by atoms with Crippen molar-refractivity contribution in [1.82, 2.24) is 15.5 Å². The molecule has 2 aromatic heterocycles. The highest BCUT2D eigenvalue weighted by molar-refractivity contribution is 7.18. The lowest BCUT2D eigenvalue weighted by molar-refractivity contribution is -0.120. The number of H-pyrrole nitrogens is 1. The van der Waals surface area contributed by atoms with Crippen molar-refractivity contribution < 1.29 is 9.59 Å². The molecule has 6 nitrogen and oxygen atoms in total. The Bertz CT molecular complexity index is 1190. The number of carbonyl (C=O) groups excluding carboxylic acids is 2. The van der Waals surface area contributed by atoms with Crippen molar-refractivity contribution in [1.29, 1.82) is 0 Å². The van der Waals surface area contributed by atoms with E-state index >= 15 is 0 Å². The molecule has 2 aromatic carbocycles. The van der Waals surface area contributed by atoms with Gasteiger partial charge in [-0.25, -0.2) is 0 Å². The molecule has 0 aliphatic rings. The summed E-state index contributed by atoms with van der Waals surface area (Å²) < 4.78 is 0. The van der Waals surface area contributed by atoms with Crippen LogP contribution in [0.1, 0.15) is 16.0 Å². The van der Waals surface area contributed by atoms with Gasteiger partial charge in [-0.2, -0.15) is 5.10 Å². The molecule has 0 atom stereocenters. The topological polar surface area (TPSA) is 86.9 Å². The molecule has 0 bridgehead atoms. The van der Waals surface area contributed by atoms with Gasteiger partial charge >= 0.3 is 0 Å². The van der Waals surface area contributed by atoms with E-state index in [0.717, 1.165) is 26.2 Å². The monoisotopic (exact) mass is 438 g/mol. The first-order valence-electron chi connectivity index (χ1n) is 9.38. The minimum absolute atomic E-state index is 0.0572. The first-order chi connectivity index (χ1) is 14.6. The summed E-state index contributed by atoms with van der Waals surface area (Å²) in [4.78, 5) is 26.3. The van der Waals surface area contributed by atoms with Crippen molar-refractivity contribution >= 4 is 50.8 Å². The maximum absolute atomic E-state index is 12.4. The van der Waals surface area contributed by atoms with Gasteiger partial charge in [0.2, 0.25) is 11.8 Å². The molecule has 0 fully saturated rings. The molecule has 4 rings (SSSR count). The number of aromatic amines is 1. The van der Waals surface area contributed by atoms with Gasteiger partial charge in [-0.05, 0) is 29.3 Å². The van der Waals surface area contributed by atoms with Gasteiger partial charge in [0.05, 0.1) is 18.2 Å². The third kappa shape index (κ3) is 5.06. The van der Waals surface area contributed by atoms with Crippen molar-refractivity contribution in [3.63, 3.8) is 0 Å². The van der Waals surface area contributed by atoms with Crippen LogP contribution < -0.4 is 10.6 Å². The number of rotatable bonds is 7. The zero-order valence-electron chi connectivity index (χ0n) is 15.9. The number of hydrogen-bond donors (Lipinski definition) is 3. The summed E-state index contributed by atoms with van der Waals surface area (Å²) in [5, 5.41) is 14.3. The fourth-order valence-corrected chi connectivity index (χ4v) is 4.28. The summed E-state index contributed by atoms with van der Waals surface area (Å²) in [6.07, 6.45) is 0.476. The third-order valence-corrected chi connectivity index (χ3v) is 5.75. The van der Waals surface area contributed by atoms with Crippen molar-refractivity contribution in [2.45, 2.75) is 19.4 Å². The van der Waals surface area contributed by atoms with E-state index in [0.29, 0.717) is 17.4 Å². The van der Waals surface area contributed by atoms with Gasteiger partial charge in [-0.15, -0.1) is 11.3 Å². The molecule has 0 saturated carbocycles. The van der Waals surface area contributed by atoms with Crippen LogP contribution in [0.25, 0.3) is 10.2 Å². The number of thiophene rings is 1. The maximum atomic E-state index is 12.4. The highest BCUT2D eigenvalue weighted by Crippen LogP contribution is 2.29. The zero-order chi connectivity index (χ0) is 20.9. The predicted octanol–water partition coefficient (Wildman–Crippen LogP) is 4.32. The highest BCUT2D eigenvalue weighted by atomic mass is 35.5. The molecule has 2 heterocycles. The molecular weight excluding hydrogens is 420 g/mol. The van der Waals surface area contributed by atoms with Gasteiger partial charge in [-0.3, -0.25) is 14.7 Å². The Hall–Kier alpha value is -3.16. The van der Waals surface area contributed by atoms with E-state index in [4.69, 9.17) is 11.6 Å². The Balaban J connectivity index is 1.37. The lowest BCUT2D eigenvalue weighted by atomic mass is 10.1. The van der Waals surface area contributed by atoms with Crippen molar-refractivity contribution in [3.8, 4) is 0 Å². The predicted molar refractivity (Wildman–Crippen MR) is 120 cm³/mol. The van der Waals surface area contributed by atoms with Gasteiger partial charge in [-0.1, -0.05) is 54.1 Å². The Morgan fingerprint density at radius 3 is 2.57 bits per heavy atom. The minimum Gasteiger partial charge on any atom is -0.352 e. The average molecular weight is 439 g/mol. The minimum atomic E-state index is -0.170. The third-order valence-electron chi connectivity index (χ3n) is 4.49. The molecule has 0 radical (unpaired) electrons. The largest absolute Gasteiger partial charge is 0.352 e. The normalized spacial score (nSPS) is 10.8. The molecule has 30 heavy (non-hydrogen) atoms. The van der Waals surface area contributed by atoms with E-state index in [1.807, 2.05) is 48.5 Å². The van der Waals surface area contributed by atoms with E-state index < -0.39 is 0 Å². The number of nitrogens with zero attached hydrogens (tertiary/aromatic N) is 1. The number of anilines is 1. The Kier molecular flexibility index (Phi) is 6.11. The summed E-state index contributed by atoms with van der Waals surface area (Å²) in [6.45, 7) is 0.494. The van der Waals surface area contributed by atoms with Crippen LogP contribution in [0.15, 0.2) is 60.7 Å². The second kappa shape index (κ2) is 9.11. The number of nitrogens with one attached hydrogen (secondary N) is 3. The summed E-state index contributed by atoms with van der Waals surface area (Å²) in [5.74, 6) is 0.304. The number of aromatic nitrogens is 2. The van der Waals surface area contributed by atoms with Crippen LogP contribution in [0.4, 0.5) is 5.82 Å². The zero-order valence-corrected chi connectivity index (χ0v) is 17.5. The number of benzene rings is 2. The molecule has 0 aliphatic heterocycles. The van der Waals surface area contributed by atoms with E-state index in [-0.39, 0.29) is 24.7 Å². The SMILES string of the molecule is O=C(Cc1cc2c(NC(=O)Cc3cccc(Cl)c3)[nH]nc2s1)NCc1ccccc1. The van der Waals surface area contributed by atoms with Gasteiger partial charge in [0, 0.05) is 16.4 Å². The van der Waals surface area contributed by atoms with Crippen LogP contribution in [0, 0.1) is 0 Å². The van der Waals surface area contributed by atoms with Crippen LogP contribution in [-0.2, 0) is 29.0 Å². The second-order valence-electron chi connectivity index (χ2n) is 6.82. The summed E-state index contributed by atoms with van der Waals surface area (Å²) in [5.41, 5.74) is 1.88. The van der Waals surface area contributed by atoms with Crippen LogP contribution in [-0.4, -0.2) is 22.0 Å². The van der Waals surface area contributed by atoms with Gasteiger partial charge < -0.3 is 10.6 Å². The van der Waals surface area contributed by atoms with E-state index in [1.54, 1.807) is 12.1 Å². The molecular formula is C22H19ClN4O2S. The van der Waals surface area contributed by atoms with E-state index in [1.165, 1.54) is 11.3 Å². The van der Waals surface area contributed by atoms with Gasteiger partial charge in [0.25, 0.3) is 0 Å². The van der Waals surface area contributed by atoms with Crippen molar-refractivity contribution in [2.24, 2.45) is 0 Å². The quantitative estimate of drug-likeness (QED) is 0.401. The second-order valence-corrected chi connectivity index (χ2v) is 8.38. The molecule has 4 aromatic rings. The van der Waals surface area contributed by atoms with Crippen LogP contribution in [0.2, 0.25) is 5.02 Å². The summed E-state index contributed by atoms with van der Waals surface area (Å²) >= 11 is 7.40. The van der Waals surface area contributed by atoms with Gasteiger partial charge in [0.1, 0.15) is 10.6 Å². The molecule has 0 aliphatic carbocycles. The first kappa shape index (κ1) is 20.1. The number of fused-ring (bicyclic) bond motifs is 1. The first-order valence-corrected chi connectivity index (χ1v) is 10.6. The fourth-order valence-electron chi connectivity index (χ4n) is 3.08. The highest BCUT2D eigenvalue weighted by Gasteiger charge is 2.15. The maximum Gasteiger partial charge on any atom is 0.229 e. The molecule has 2 amide bonds. The molecule has 0 spiro atoms. The van der Waals surface area contributed by atoms with Crippen molar-refractivity contribution in [3.05, 3.63) is 81.7 Å². The Morgan fingerprint density at radius 2 is 1.77 bits per heavy atom. The van der Waals surface area contributed by atoms with Crippen LogP contribution in [0.5, 0.6) is 0 Å². The van der Waals surface area contributed by atoms with E-state index in [9.17, 15) is 9.59 Å².